The molecule has 0 radical (unpaired) electrons. The van der Waals surface area contributed by atoms with Crippen molar-refractivity contribution in [2.24, 2.45) is 5.73 Å². The molecule has 0 atom stereocenters. The van der Waals surface area contributed by atoms with Crippen LogP contribution >= 0.6 is 15.9 Å². The number of rotatable bonds is 4. The Kier molecular flexibility index (Phi) is 3.66. The predicted octanol–water partition coefficient (Wildman–Crippen LogP) is 2.74. The summed E-state index contributed by atoms with van der Waals surface area (Å²) in [6, 6.07) is 5.36. The number of halogens is 1. The second-order valence-corrected chi connectivity index (χ2v) is 4.60. The largest absolute Gasteiger partial charge is 0.453 e. The number of amidine groups is 1. The average Bonchev–Trinajstić information content (AvgIpc) is 2.79. The van der Waals surface area contributed by atoms with Crippen molar-refractivity contribution in [1.82, 2.24) is 9.78 Å². The highest BCUT2D eigenvalue weighted by Gasteiger charge is 2.09. The summed E-state index contributed by atoms with van der Waals surface area (Å²) in [5.74, 6) is 1.14. The summed E-state index contributed by atoms with van der Waals surface area (Å²) >= 11 is 3.34. The third-order valence-corrected chi connectivity index (χ3v) is 2.89. The normalized spacial score (nSPS) is 10.3. The number of nitrogen functional groups attached to an aromatic ring is 1. The summed E-state index contributed by atoms with van der Waals surface area (Å²) < 4.78 is 8.30. The third-order valence-electron chi connectivity index (χ3n) is 2.39. The molecule has 0 aliphatic rings. The smallest absolute Gasteiger partial charge is 0.165 e. The van der Waals surface area contributed by atoms with Crippen molar-refractivity contribution in [3.63, 3.8) is 0 Å². The van der Waals surface area contributed by atoms with E-state index in [1.165, 1.54) is 0 Å². The lowest BCUT2D eigenvalue weighted by molar-refractivity contribution is 0.480. The zero-order valence-electron chi connectivity index (χ0n) is 9.85. The van der Waals surface area contributed by atoms with E-state index >= 15 is 0 Å². The van der Waals surface area contributed by atoms with Gasteiger partial charge in [0.1, 0.15) is 11.6 Å². The van der Waals surface area contributed by atoms with Crippen LogP contribution in [0.5, 0.6) is 11.5 Å². The summed E-state index contributed by atoms with van der Waals surface area (Å²) in [6.45, 7) is 2.78. The Bertz CT molecular complexity index is 579. The first-order valence-corrected chi connectivity index (χ1v) is 6.23. The fourth-order valence-electron chi connectivity index (χ4n) is 1.50. The second-order valence-electron chi connectivity index (χ2n) is 3.69. The second kappa shape index (κ2) is 5.22. The maximum Gasteiger partial charge on any atom is 0.165 e. The lowest BCUT2D eigenvalue weighted by atomic mass is 10.2. The highest BCUT2D eigenvalue weighted by Crippen LogP contribution is 2.27. The van der Waals surface area contributed by atoms with Gasteiger partial charge in [-0.2, -0.15) is 5.10 Å². The molecule has 6 heteroatoms. The number of nitrogens with one attached hydrogen (secondary N) is 1. The van der Waals surface area contributed by atoms with E-state index in [-0.39, 0.29) is 5.84 Å². The molecule has 5 nitrogen and oxygen atoms in total. The minimum absolute atomic E-state index is 0.0332. The molecule has 0 bridgehead atoms. The van der Waals surface area contributed by atoms with Crippen LogP contribution in [0, 0.1) is 5.41 Å². The van der Waals surface area contributed by atoms with E-state index in [0.29, 0.717) is 17.1 Å². The van der Waals surface area contributed by atoms with E-state index in [1.54, 1.807) is 29.2 Å². The number of hydrogen-bond acceptors (Lipinski definition) is 3. The molecular formula is C12H13BrN4O. The van der Waals surface area contributed by atoms with Gasteiger partial charge in [-0.3, -0.25) is 10.1 Å². The van der Waals surface area contributed by atoms with Gasteiger partial charge in [-0.1, -0.05) is 15.9 Å². The van der Waals surface area contributed by atoms with E-state index in [2.05, 4.69) is 21.0 Å². The Morgan fingerprint density at radius 1 is 1.56 bits per heavy atom. The fourth-order valence-corrected chi connectivity index (χ4v) is 1.86. The highest BCUT2D eigenvalue weighted by atomic mass is 79.9. The van der Waals surface area contributed by atoms with E-state index in [9.17, 15) is 0 Å². The van der Waals surface area contributed by atoms with Gasteiger partial charge in [-0.05, 0) is 25.1 Å². The lowest BCUT2D eigenvalue weighted by Crippen LogP contribution is -2.12. The van der Waals surface area contributed by atoms with Crippen LogP contribution in [0.25, 0.3) is 0 Å². The Morgan fingerprint density at radius 2 is 2.33 bits per heavy atom. The number of aryl methyl sites for hydroxylation is 1. The van der Waals surface area contributed by atoms with Crippen molar-refractivity contribution < 1.29 is 4.74 Å². The SMILES string of the molecule is CCn1cc(Oc2ccc(Br)cc2C(=N)N)cn1. The van der Waals surface area contributed by atoms with Crippen LogP contribution in [0.4, 0.5) is 0 Å². The molecule has 0 unspecified atom stereocenters. The van der Waals surface area contributed by atoms with Crippen molar-refractivity contribution in [3.05, 3.63) is 40.6 Å². The molecule has 1 aromatic carbocycles. The number of aromatic nitrogens is 2. The average molecular weight is 309 g/mol. The summed E-state index contributed by atoms with van der Waals surface area (Å²) in [4.78, 5) is 0. The van der Waals surface area contributed by atoms with E-state index in [1.807, 2.05) is 13.0 Å². The molecule has 1 aromatic heterocycles. The van der Waals surface area contributed by atoms with Crippen molar-refractivity contribution in [2.75, 3.05) is 0 Å². The molecule has 0 amide bonds. The number of benzene rings is 1. The van der Waals surface area contributed by atoms with Crippen molar-refractivity contribution >= 4 is 21.8 Å². The number of hydrogen-bond donors (Lipinski definition) is 2. The van der Waals surface area contributed by atoms with E-state index < -0.39 is 0 Å². The van der Waals surface area contributed by atoms with Gasteiger partial charge in [-0.15, -0.1) is 0 Å². The van der Waals surface area contributed by atoms with Crippen LogP contribution in [0.3, 0.4) is 0 Å². The van der Waals surface area contributed by atoms with Gasteiger partial charge < -0.3 is 10.5 Å². The maximum absolute atomic E-state index is 7.54. The molecule has 0 saturated carbocycles. The van der Waals surface area contributed by atoms with Crippen LogP contribution in [0.15, 0.2) is 35.1 Å². The molecule has 0 saturated heterocycles. The van der Waals surface area contributed by atoms with Crippen molar-refractivity contribution in [3.8, 4) is 11.5 Å². The van der Waals surface area contributed by atoms with Crippen molar-refractivity contribution in [2.45, 2.75) is 13.5 Å². The monoisotopic (exact) mass is 308 g/mol. The first kappa shape index (κ1) is 12.6. The minimum Gasteiger partial charge on any atom is -0.453 e. The van der Waals surface area contributed by atoms with Gasteiger partial charge in [0.05, 0.1) is 18.0 Å². The summed E-state index contributed by atoms with van der Waals surface area (Å²) in [5, 5.41) is 11.7. The Labute approximate surface area is 113 Å². The number of ether oxygens (including phenoxy) is 1. The van der Waals surface area contributed by atoms with Crippen LogP contribution in [-0.2, 0) is 6.54 Å². The molecule has 94 valence electrons. The standard InChI is InChI=1S/C12H13BrN4O/c1-2-17-7-9(6-16-17)18-11-4-3-8(13)5-10(11)12(14)15/h3-7H,2H2,1H3,(H3,14,15). The Morgan fingerprint density at radius 3 is 2.94 bits per heavy atom. The van der Waals surface area contributed by atoms with Crippen LogP contribution in [0.2, 0.25) is 0 Å². The van der Waals surface area contributed by atoms with Gasteiger partial charge >= 0.3 is 0 Å². The van der Waals surface area contributed by atoms with Gasteiger partial charge in [0.15, 0.2) is 5.75 Å². The summed E-state index contributed by atoms with van der Waals surface area (Å²) in [7, 11) is 0. The van der Waals surface area contributed by atoms with Gasteiger partial charge in [0.25, 0.3) is 0 Å². The van der Waals surface area contributed by atoms with Crippen molar-refractivity contribution in [1.29, 1.82) is 5.41 Å². The Hall–Kier alpha value is -1.82. The van der Waals surface area contributed by atoms with Gasteiger partial charge in [0, 0.05) is 11.0 Å². The Balaban J connectivity index is 2.30. The van der Waals surface area contributed by atoms with E-state index in [0.717, 1.165) is 11.0 Å². The van der Waals surface area contributed by atoms with Gasteiger partial charge in [0.2, 0.25) is 0 Å². The predicted molar refractivity (Wildman–Crippen MR) is 73.1 cm³/mol. The lowest BCUT2D eigenvalue weighted by Gasteiger charge is -2.08. The van der Waals surface area contributed by atoms with Gasteiger partial charge in [-0.25, -0.2) is 0 Å². The molecule has 0 spiro atoms. The molecule has 0 aliphatic carbocycles. The molecule has 1 heterocycles. The van der Waals surface area contributed by atoms with Crippen LogP contribution in [0.1, 0.15) is 12.5 Å². The number of nitrogens with zero attached hydrogens (tertiary/aromatic N) is 2. The van der Waals surface area contributed by atoms with Crippen LogP contribution < -0.4 is 10.5 Å². The molecule has 3 N–H and O–H groups in total. The molecule has 0 aliphatic heterocycles. The number of nitrogens with two attached hydrogens (primary N) is 1. The minimum atomic E-state index is -0.0332. The quantitative estimate of drug-likeness (QED) is 0.673. The molecule has 2 aromatic rings. The highest BCUT2D eigenvalue weighted by molar-refractivity contribution is 9.10. The first-order valence-electron chi connectivity index (χ1n) is 5.44. The zero-order chi connectivity index (χ0) is 13.1. The summed E-state index contributed by atoms with van der Waals surface area (Å²) in [5.41, 5.74) is 6.08. The molecule has 18 heavy (non-hydrogen) atoms. The molecule has 0 fully saturated rings. The zero-order valence-corrected chi connectivity index (χ0v) is 11.4. The molecule has 2 rings (SSSR count). The maximum atomic E-state index is 7.54. The molecular weight excluding hydrogens is 296 g/mol. The topological polar surface area (TPSA) is 76.9 Å². The van der Waals surface area contributed by atoms with Crippen LogP contribution in [-0.4, -0.2) is 15.6 Å². The summed E-state index contributed by atoms with van der Waals surface area (Å²) in [6.07, 6.45) is 3.43. The first-order chi connectivity index (χ1) is 8.60. The fraction of sp³-hybridized carbons (Fsp3) is 0.167. The van der Waals surface area contributed by atoms with E-state index in [4.69, 9.17) is 15.9 Å². The third kappa shape index (κ3) is 2.70.